The summed E-state index contributed by atoms with van der Waals surface area (Å²) in [4.78, 5) is 29.0. The van der Waals surface area contributed by atoms with Gasteiger partial charge in [-0.3, -0.25) is 14.7 Å². The van der Waals surface area contributed by atoms with Crippen LogP contribution in [0, 0.1) is 6.92 Å². The van der Waals surface area contributed by atoms with Gasteiger partial charge in [-0.05, 0) is 48.5 Å². The van der Waals surface area contributed by atoms with Gasteiger partial charge in [0.15, 0.2) is 11.6 Å². The normalized spacial score (nSPS) is 19.9. The monoisotopic (exact) mass is 437 g/mol. The molecular formula is C18H24BrN5O3. The number of nitrogens with one attached hydrogen (secondary N) is 3. The third kappa shape index (κ3) is 4.77. The van der Waals surface area contributed by atoms with Gasteiger partial charge in [-0.15, -0.1) is 0 Å². The topological polar surface area (TPSA) is 113 Å². The zero-order valence-corrected chi connectivity index (χ0v) is 17.2. The molecule has 2 aromatic heterocycles. The summed E-state index contributed by atoms with van der Waals surface area (Å²) in [5.41, 5.74) is 0.973. The van der Waals surface area contributed by atoms with E-state index in [1.807, 2.05) is 13.8 Å². The Labute approximate surface area is 166 Å². The van der Waals surface area contributed by atoms with E-state index in [4.69, 9.17) is 4.42 Å². The average molecular weight is 438 g/mol. The van der Waals surface area contributed by atoms with Gasteiger partial charge in [0, 0.05) is 24.1 Å². The van der Waals surface area contributed by atoms with E-state index in [0.717, 1.165) is 25.7 Å². The molecule has 1 aliphatic carbocycles. The Morgan fingerprint density at radius 2 is 1.78 bits per heavy atom. The third-order valence-electron chi connectivity index (χ3n) is 4.69. The fourth-order valence-electron chi connectivity index (χ4n) is 3.18. The summed E-state index contributed by atoms with van der Waals surface area (Å²) in [6, 6.07) is 1.80. The van der Waals surface area contributed by atoms with Crippen LogP contribution in [0.3, 0.4) is 0 Å². The van der Waals surface area contributed by atoms with Gasteiger partial charge in [0.2, 0.25) is 5.76 Å². The molecule has 1 aliphatic rings. The highest BCUT2D eigenvalue weighted by atomic mass is 79.9. The Kier molecular flexibility index (Phi) is 5.98. The first-order chi connectivity index (χ1) is 12.8. The smallest absolute Gasteiger partial charge is 0.289 e. The van der Waals surface area contributed by atoms with E-state index in [0.29, 0.717) is 27.6 Å². The van der Waals surface area contributed by atoms with E-state index in [2.05, 4.69) is 41.7 Å². The lowest BCUT2D eigenvalue weighted by Gasteiger charge is -2.29. The Balaban J connectivity index is 1.49. The third-order valence-corrected chi connectivity index (χ3v) is 5.10. The van der Waals surface area contributed by atoms with Gasteiger partial charge in [-0.2, -0.15) is 5.10 Å². The molecule has 1 fully saturated rings. The molecule has 2 aromatic rings. The van der Waals surface area contributed by atoms with Gasteiger partial charge in [0.25, 0.3) is 11.8 Å². The summed E-state index contributed by atoms with van der Waals surface area (Å²) in [7, 11) is 0. The van der Waals surface area contributed by atoms with E-state index in [1.54, 1.807) is 13.0 Å². The number of hydrogen-bond acceptors (Lipinski definition) is 5. The van der Waals surface area contributed by atoms with Crippen molar-refractivity contribution in [2.75, 3.05) is 0 Å². The SMILES string of the molecule is Cc1nc(C(C)C)oc1C(=O)NC1CCC(NC(=O)c2cc(Br)[nH]n2)CC1. The van der Waals surface area contributed by atoms with Gasteiger partial charge in [-0.1, -0.05) is 13.8 Å². The molecule has 8 nitrogen and oxygen atoms in total. The van der Waals surface area contributed by atoms with E-state index < -0.39 is 0 Å². The number of aryl methyl sites for hydroxylation is 1. The van der Waals surface area contributed by atoms with Crippen LogP contribution in [0.1, 0.15) is 78.1 Å². The lowest BCUT2D eigenvalue weighted by atomic mass is 9.91. The fourth-order valence-corrected chi connectivity index (χ4v) is 3.49. The number of rotatable bonds is 5. The molecule has 0 bridgehead atoms. The van der Waals surface area contributed by atoms with Crippen LogP contribution in [0.2, 0.25) is 0 Å². The predicted molar refractivity (Wildman–Crippen MR) is 103 cm³/mol. The number of halogens is 1. The first-order valence-electron chi connectivity index (χ1n) is 9.13. The Bertz CT molecular complexity index is 821. The quantitative estimate of drug-likeness (QED) is 0.664. The van der Waals surface area contributed by atoms with Crippen molar-refractivity contribution in [2.24, 2.45) is 0 Å². The minimum atomic E-state index is -0.222. The molecule has 146 valence electrons. The van der Waals surface area contributed by atoms with Crippen molar-refractivity contribution in [3.8, 4) is 0 Å². The molecule has 0 unspecified atom stereocenters. The second kappa shape index (κ2) is 8.24. The number of H-pyrrole nitrogens is 1. The molecule has 3 N–H and O–H groups in total. The number of hydrogen-bond donors (Lipinski definition) is 3. The molecule has 0 saturated heterocycles. The maximum Gasteiger partial charge on any atom is 0.289 e. The molecule has 1 saturated carbocycles. The summed E-state index contributed by atoms with van der Waals surface area (Å²) in [5.74, 6) is 0.593. The molecule has 0 radical (unpaired) electrons. The van der Waals surface area contributed by atoms with Crippen LogP contribution in [-0.4, -0.2) is 39.1 Å². The number of aromatic nitrogens is 3. The fraction of sp³-hybridized carbons (Fsp3) is 0.556. The Hall–Kier alpha value is -2.16. The number of oxazole rings is 1. The summed E-state index contributed by atoms with van der Waals surface area (Å²) >= 11 is 3.24. The van der Waals surface area contributed by atoms with Crippen LogP contribution in [0.25, 0.3) is 0 Å². The number of aromatic amines is 1. The van der Waals surface area contributed by atoms with E-state index in [9.17, 15) is 9.59 Å². The van der Waals surface area contributed by atoms with Crippen LogP contribution in [-0.2, 0) is 0 Å². The molecule has 27 heavy (non-hydrogen) atoms. The van der Waals surface area contributed by atoms with Crippen molar-refractivity contribution in [1.82, 2.24) is 25.8 Å². The van der Waals surface area contributed by atoms with Gasteiger partial charge in [0.1, 0.15) is 4.60 Å². The van der Waals surface area contributed by atoms with Crippen LogP contribution in [0.4, 0.5) is 0 Å². The van der Waals surface area contributed by atoms with Crippen molar-refractivity contribution < 1.29 is 14.0 Å². The molecule has 3 rings (SSSR count). The summed E-state index contributed by atoms with van der Waals surface area (Å²) in [5, 5.41) is 12.6. The van der Waals surface area contributed by atoms with E-state index in [1.165, 1.54) is 0 Å². The minimum absolute atomic E-state index is 0.0668. The van der Waals surface area contributed by atoms with Crippen molar-refractivity contribution in [1.29, 1.82) is 0 Å². The highest BCUT2D eigenvalue weighted by molar-refractivity contribution is 9.10. The van der Waals surface area contributed by atoms with Crippen LogP contribution < -0.4 is 10.6 Å². The van der Waals surface area contributed by atoms with Gasteiger partial charge >= 0.3 is 0 Å². The molecular weight excluding hydrogens is 414 g/mol. The molecule has 9 heteroatoms. The van der Waals surface area contributed by atoms with Crippen LogP contribution in [0.15, 0.2) is 15.1 Å². The molecule has 0 spiro atoms. The predicted octanol–water partition coefficient (Wildman–Crippen LogP) is 3.06. The molecule has 0 atom stereocenters. The number of carbonyl (C=O) groups is 2. The molecule has 0 aliphatic heterocycles. The van der Waals surface area contributed by atoms with Crippen LogP contribution >= 0.6 is 15.9 Å². The lowest BCUT2D eigenvalue weighted by Crippen LogP contribution is -2.44. The number of carbonyl (C=O) groups excluding carboxylic acids is 2. The maximum absolute atomic E-state index is 12.5. The Morgan fingerprint density at radius 1 is 1.19 bits per heavy atom. The van der Waals surface area contributed by atoms with Gasteiger partial charge in [-0.25, -0.2) is 4.98 Å². The number of nitrogens with zero attached hydrogens (tertiary/aromatic N) is 2. The second-order valence-corrected chi connectivity index (χ2v) is 8.07. The summed E-state index contributed by atoms with van der Waals surface area (Å²) in [6.07, 6.45) is 3.19. The highest BCUT2D eigenvalue weighted by Gasteiger charge is 2.27. The molecule has 2 amide bonds. The maximum atomic E-state index is 12.5. The van der Waals surface area contributed by atoms with Crippen molar-refractivity contribution in [3.63, 3.8) is 0 Å². The first-order valence-corrected chi connectivity index (χ1v) is 9.92. The van der Waals surface area contributed by atoms with E-state index in [-0.39, 0.29) is 29.8 Å². The minimum Gasteiger partial charge on any atom is -0.435 e. The lowest BCUT2D eigenvalue weighted by molar-refractivity contribution is 0.0871. The number of amides is 2. The highest BCUT2D eigenvalue weighted by Crippen LogP contribution is 2.21. The van der Waals surface area contributed by atoms with Crippen molar-refractivity contribution in [3.05, 3.63) is 33.7 Å². The second-order valence-electron chi connectivity index (χ2n) is 7.22. The molecule has 0 aromatic carbocycles. The Morgan fingerprint density at radius 3 is 2.26 bits per heavy atom. The molecule has 2 heterocycles. The summed E-state index contributed by atoms with van der Waals surface area (Å²) < 4.78 is 6.28. The summed E-state index contributed by atoms with van der Waals surface area (Å²) in [6.45, 7) is 5.73. The zero-order valence-electron chi connectivity index (χ0n) is 15.6. The first kappa shape index (κ1) is 19.6. The zero-order chi connectivity index (χ0) is 19.6. The van der Waals surface area contributed by atoms with Crippen LogP contribution in [0.5, 0.6) is 0 Å². The largest absolute Gasteiger partial charge is 0.435 e. The van der Waals surface area contributed by atoms with Gasteiger partial charge in [0.05, 0.1) is 5.69 Å². The van der Waals surface area contributed by atoms with Crippen molar-refractivity contribution >= 4 is 27.7 Å². The average Bonchev–Trinajstić information content (AvgIpc) is 3.22. The van der Waals surface area contributed by atoms with Gasteiger partial charge < -0.3 is 15.1 Å². The standard InChI is InChI=1S/C18H24BrN5O3/c1-9(2)18-20-10(3)15(27-18)17(26)22-12-6-4-11(5-7-12)21-16(25)13-8-14(19)24-23-13/h8-9,11-12H,4-7H2,1-3H3,(H,21,25)(H,22,26)(H,23,24). The van der Waals surface area contributed by atoms with E-state index >= 15 is 0 Å². The van der Waals surface area contributed by atoms with Crippen molar-refractivity contribution in [2.45, 2.75) is 64.5 Å².